The van der Waals surface area contributed by atoms with E-state index in [0.29, 0.717) is 24.2 Å². The molecule has 4 heteroatoms. The molecular weight excluding hydrogens is 312 g/mol. The number of amides is 1. The van der Waals surface area contributed by atoms with Crippen molar-refractivity contribution >= 4 is 5.91 Å². The first-order chi connectivity index (χ1) is 11.9. The summed E-state index contributed by atoms with van der Waals surface area (Å²) < 4.78 is 5.19. The van der Waals surface area contributed by atoms with Crippen LogP contribution < -0.4 is 5.32 Å². The predicted octanol–water partition coefficient (Wildman–Crippen LogP) is 4.39. The number of hydrogen-bond donors (Lipinski definition) is 1. The minimum Gasteiger partial charge on any atom is -0.361 e. The van der Waals surface area contributed by atoms with Crippen LogP contribution in [0.25, 0.3) is 0 Å². The molecule has 2 unspecified atom stereocenters. The van der Waals surface area contributed by atoms with Crippen molar-refractivity contribution in [2.45, 2.75) is 64.8 Å². The van der Waals surface area contributed by atoms with Crippen molar-refractivity contribution in [3.8, 4) is 0 Å². The zero-order valence-electron chi connectivity index (χ0n) is 15.4. The number of aromatic nitrogens is 1. The number of nitrogens with zero attached hydrogens (tertiary/aromatic N) is 1. The number of rotatable bonds is 5. The molecule has 1 N–H and O–H groups in total. The molecule has 0 saturated heterocycles. The first-order valence-corrected chi connectivity index (χ1v) is 9.19. The van der Waals surface area contributed by atoms with Gasteiger partial charge >= 0.3 is 0 Å². The van der Waals surface area contributed by atoms with Crippen LogP contribution in [-0.2, 0) is 11.2 Å². The van der Waals surface area contributed by atoms with Crippen LogP contribution in [-0.4, -0.2) is 17.1 Å². The van der Waals surface area contributed by atoms with E-state index in [9.17, 15) is 4.79 Å². The molecule has 25 heavy (non-hydrogen) atoms. The molecule has 1 aliphatic carbocycles. The van der Waals surface area contributed by atoms with Gasteiger partial charge in [-0.1, -0.05) is 49.3 Å². The SMILES string of the molecule is Cc1cc(CCC(=O)NC2CCC(C)(C)CC2c2ccccc2)on1. The van der Waals surface area contributed by atoms with Crippen molar-refractivity contribution in [1.29, 1.82) is 0 Å². The van der Waals surface area contributed by atoms with Gasteiger partial charge < -0.3 is 9.84 Å². The van der Waals surface area contributed by atoms with Gasteiger partial charge in [0.1, 0.15) is 5.76 Å². The van der Waals surface area contributed by atoms with Gasteiger partial charge in [0.15, 0.2) is 0 Å². The van der Waals surface area contributed by atoms with Crippen LogP contribution in [0.1, 0.15) is 62.5 Å². The molecule has 1 heterocycles. The van der Waals surface area contributed by atoms with E-state index in [1.165, 1.54) is 5.56 Å². The Morgan fingerprint density at radius 1 is 1.32 bits per heavy atom. The summed E-state index contributed by atoms with van der Waals surface area (Å²) in [6.45, 7) is 6.54. The Morgan fingerprint density at radius 3 is 2.76 bits per heavy atom. The Hall–Kier alpha value is -2.10. The summed E-state index contributed by atoms with van der Waals surface area (Å²) in [4.78, 5) is 12.5. The number of benzene rings is 1. The fraction of sp³-hybridized carbons (Fsp3) is 0.524. The molecule has 1 aromatic carbocycles. The lowest BCUT2D eigenvalue weighted by atomic mass is 9.68. The second kappa shape index (κ2) is 7.42. The van der Waals surface area contributed by atoms with Gasteiger partial charge in [0.05, 0.1) is 5.69 Å². The van der Waals surface area contributed by atoms with Gasteiger partial charge in [-0.3, -0.25) is 4.79 Å². The minimum atomic E-state index is 0.0969. The second-order valence-corrected chi connectivity index (χ2v) is 8.03. The van der Waals surface area contributed by atoms with Crippen LogP contribution in [0.4, 0.5) is 0 Å². The van der Waals surface area contributed by atoms with Gasteiger partial charge in [0.2, 0.25) is 5.91 Å². The molecule has 0 aliphatic heterocycles. The summed E-state index contributed by atoms with van der Waals surface area (Å²) in [6.07, 6.45) is 4.31. The lowest BCUT2D eigenvalue weighted by Gasteiger charge is -2.41. The molecule has 0 bridgehead atoms. The average Bonchev–Trinajstić information content (AvgIpc) is 3.01. The van der Waals surface area contributed by atoms with E-state index in [-0.39, 0.29) is 11.9 Å². The fourth-order valence-corrected chi connectivity index (χ4v) is 3.86. The maximum absolute atomic E-state index is 12.5. The molecule has 0 radical (unpaired) electrons. The highest BCUT2D eigenvalue weighted by Gasteiger charge is 2.36. The zero-order valence-corrected chi connectivity index (χ0v) is 15.4. The van der Waals surface area contributed by atoms with Crippen molar-refractivity contribution < 1.29 is 9.32 Å². The van der Waals surface area contributed by atoms with Crippen LogP contribution in [0.5, 0.6) is 0 Å². The highest BCUT2D eigenvalue weighted by molar-refractivity contribution is 5.76. The lowest BCUT2D eigenvalue weighted by Crippen LogP contribution is -2.44. The first-order valence-electron chi connectivity index (χ1n) is 9.19. The highest BCUT2D eigenvalue weighted by atomic mass is 16.5. The Labute approximate surface area is 150 Å². The first kappa shape index (κ1) is 17.7. The minimum absolute atomic E-state index is 0.0969. The lowest BCUT2D eigenvalue weighted by molar-refractivity contribution is -0.122. The molecule has 1 amide bonds. The number of carbonyl (C=O) groups is 1. The van der Waals surface area contributed by atoms with E-state index < -0.39 is 0 Å². The van der Waals surface area contributed by atoms with E-state index >= 15 is 0 Å². The van der Waals surface area contributed by atoms with E-state index in [2.05, 4.69) is 48.6 Å². The van der Waals surface area contributed by atoms with E-state index in [1.807, 2.05) is 19.1 Å². The number of hydrogen-bond acceptors (Lipinski definition) is 3. The van der Waals surface area contributed by atoms with E-state index in [0.717, 1.165) is 30.7 Å². The summed E-state index contributed by atoms with van der Waals surface area (Å²) in [5.41, 5.74) is 2.50. The predicted molar refractivity (Wildman–Crippen MR) is 98.3 cm³/mol. The fourth-order valence-electron chi connectivity index (χ4n) is 3.86. The van der Waals surface area contributed by atoms with Crippen molar-refractivity contribution in [1.82, 2.24) is 10.5 Å². The quantitative estimate of drug-likeness (QED) is 0.878. The molecule has 1 aromatic heterocycles. The molecule has 2 aromatic rings. The maximum Gasteiger partial charge on any atom is 0.220 e. The Kier molecular flexibility index (Phi) is 5.26. The summed E-state index contributed by atoms with van der Waals surface area (Å²) in [7, 11) is 0. The van der Waals surface area contributed by atoms with Crippen molar-refractivity contribution in [3.63, 3.8) is 0 Å². The third-order valence-electron chi connectivity index (χ3n) is 5.24. The van der Waals surface area contributed by atoms with Crippen molar-refractivity contribution in [3.05, 3.63) is 53.4 Å². The molecular formula is C21H28N2O2. The molecule has 2 atom stereocenters. The van der Waals surface area contributed by atoms with Crippen molar-refractivity contribution in [2.75, 3.05) is 0 Å². The largest absolute Gasteiger partial charge is 0.361 e. The summed E-state index contributed by atoms with van der Waals surface area (Å²) >= 11 is 0. The highest BCUT2D eigenvalue weighted by Crippen LogP contribution is 2.43. The average molecular weight is 340 g/mol. The number of nitrogens with one attached hydrogen (secondary N) is 1. The number of carbonyl (C=O) groups excluding carboxylic acids is 1. The summed E-state index contributed by atoms with van der Waals surface area (Å²) in [6, 6.07) is 12.7. The molecule has 134 valence electrons. The van der Waals surface area contributed by atoms with Gasteiger partial charge in [-0.15, -0.1) is 0 Å². The molecule has 1 aliphatic rings. The topological polar surface area (TPSA) is 55.1 Å². The summed E-state index contributed by atoms with van der Waals surface area (Å²) in [5.74, 6) is 1.25. The van der Waals surface area contributed by atoms with Crippen LogP contribution in [0.2, 0.25) is 0 Å². The standard InChI is InChI=1S/C21H28N2O2/c1-15-13-17(25-23-15)9-10-20(24)22-19-11-12-21(2,3)14-18(19)16-7-5-4-6-8-16/h4-8,13,18-19H,9-12,14H2,1-3H3,(H,22,24). The number of aryl methyl sites for hydroxylation is 2. The van der Waals surface area contributed by atoms with Gasteiger partial charge in [-0.2, -0.15) is 0 Å². The Bertz CT molecular complexity index is 706. The van der Waals surface area contributed by atoms with Crippen LogP contribution in [0.3, 0.4) is 0 Å². The molecule has 0 spiro atoms. The van der Waals surface area contributed by atoms with Gasteiger partial charge in [0, 0.05) is 30.9 Å². The third kappa shape index (κ3) is 4.71. The molecule has 1 saturated carbocycles. The van der Waals surface area contributed by atoms with Gasteiger partial charge in [-0.05, 0) is 37.2 Å². The zero-order chi connectivity index (χ0) is 17.9. The monoisotopic (exact) mass is 340 g/mol. The van der Waals surface area contributed by atoms with E-state index in [4.69, 9.17) is 4.52 Å². The van der Waals surface area contributed by atoms with Crippen molar-refractivity contribution in [2.24, 2.45) is 5.41 Å². The van der Waals surface area contributed by atoms with Gasteiger partial charge in [0.25, 0.3) is 0 Å². The van der Waals surface area contributed by atoms with Crippen LogP contribution in [0.15, 0.2) is 40.9 Å². The second-order valence-electron chi connectivity index (χ2n) is 8.03. The smallest absolute Gasteiger partial charge is 0.220 e. The normalized spacial score (nSPS) is 22.5. The molecule has 4 nitrogen and oxygen atoms in total. The summed E-state index contributed by atoms with van der Waals surface area (Å²) in [5, 5.41) is 7.15. The molecule has 1 fully saturated rings. The third-order valence-corrected chi connectivity index (χ3v) is 5.24. The maximum atomic E-state index is 12.5. The van der Waals surface area contributed by atoms with E-state index in [1.54, 1.807) is 0 Å². The molecule has 3 rings (SSSR count). The Morgan fingerprint density at radius 2 is 2.08 bits per heavy atom. The van der Waals surface area contributed by atoms with Gasteiger partial charge in [-0.25, -0.2) is 0 Å². The van der Waals surface area contributed by atoms with Crippen LogP contribution >= 0.6 is 0 Å². The van der Waals surface area contributed by atoms with Crippen LogP contribution in [0, 0.1) is 12.3 Å². The Balaban J connectivity index is 1.63.